The van der Waals surface area contributed by atoms with E-state index in [4.69, 9.17) is 0 Å². The molecule has 4 aromatic rings. The number of aromatic amines is 1. The number of H-pyrrole nitrogens is 1. The summed E-state index contributed by atoms with van der Waals surface area (Å²) in [4.78, 5) is 12.8. The van der Waals surface area contributed by atoms with E-state index in [0.29, 0.717) is 24.2 Å². The van der Waals surface area contributed by atoms with Gasteiger partial charge < -0.3 is 15.0 Å². The van der Waals surface area contributed by atoms with Gasteiger partial charge in [0.2, 0.25) is 0 Å². The topological polar surface area (TPSA) is 82.9 Å². The summed E-state index contributed by atoms with van der Waals surface area (Å²) in [5, 5.41) is 19.6. The molecule has 0 radical (unpaired) electrons. The minimum atomic E-state index is -0.356. The minimum absolute atomic E-state index is 0.0677. The van der Waals surface area contributed by atoms with Crippen LogP contribution in [0.1, 0.15) is 16.8 Å². The van der Waals surface area contributed by atoms with Crippen LogP contribution in [0.15, 0.2) is 61.1 Å². The zero-order chi connectivity index (χ0) is 19.5. The number of benzene rings is 2. The number of aryl methyl sites for hydroxylation is 1. The number of hydrogen-bond acceptors (Lipinski definition) is 3. The lowest BCUT2D eigenvalue weighted by molar-refractivity contribution is 0.102. The van der Waals surface area contributed by atoms with Gasteiger partial charge in [0.25, 0.3) is 5.91 Å². The summed E-state index contributed by atoms with van der Waals surface area (Å²) in [6.45, 7) is 0.657. The monoisotopic (exact) mass is 378 g/mol. The normalized spacial score (nSPS) is 11.1. The molecule has 6 nitrogen and oxygen atoms in total. The van der Waals surface area contributed by atoms with E-state index in [1.807, 2.05) is 29.0 Å². The average molecular weight is 378 g/mol. The molecule has 3 N–H and O–H groups in total. The van der Waals surface area contributed by atoms with Crippen LogP contribution in [-0.2, 0) is 6.54 Å². The first-order valence-corrected chi connectivity index (χ1v) is 8.95. The van der Waals surface area contributed by atoms with E-state index in [0.717, 1.165) is 22.0 Å². The van der Waals surface area contributed by atoms with E-state index in [-0.39, 0.29) is 18.3 Å². The van der Waals surface area contributed by atoms with Crippen LogP contribution in [0.4, 0.5) is 10.1 Å². The second-order valence-electron chi connectivity index (χ2n) is 6.49. The Balaban J connectivity index is 1.72. The highest BCUT2D eigenvalue weighted by Crippen LogP contribution is 2.28. The molecule has 0 unspecified atom stereocenters. The highest BCUT2D eigenvalue weighted by molar-refractivity contribution is 6.13. The highest BCUT2D eigenvalue weighted by atomic mass is 19.1. The molecule has 4 rings (SSSR count). The Labute approximate surface area is 160 Å². The maximum absolute atomic E-state index is 13.1. The number of anilines is 1. The van der Waals surface area contributed by atoms with Gasteiger partial charge in [-0.15, -0.1) is 0 Å². The number of nitrogens with zero attached hydrogens (tertiary/aromatic N) is 2. The van der Waals surface area contributed by atoms with Crippen LogP contribution >= 0.6 is 0 Å². The number of carbonyl (C=O) groups excluding carboxylic acids is 1. The van der Waals surface area contributed by atoms with Gasteiger partial charge in [-0.1, -0.05) is 12.1 Å². The lowest BCUT2D eigenvalue weighted by Gasteiger charge is -2.05. The summed E-state index contributed by atoms with van der Waals surface area (Å²) in [5.41, 5.74) is 3.88. The molecule has 2 aromatic heterocycles. The number of fused-ring (bicyclic) bond motifs is 1. The van der Waals surface area contributed by atoms with E-state index in [2.05, 4.69) is 15.5 Å². The van der Waals surface area contributed by atoms with Crippen LogP contribution in [0.25, 0.3) is 22.0 Å². The Hall–Kier alpha value is -3.45. The molecule has 1 amide bonds. The molecule has 0 spiro atoms. The highest BCUT2D eigenvalue weighted by Gasteiger charge is 2.16. The molecular formula is C21H19FN4O2. The van der Waals surface area contributed by atoms with Gasteiger partial charge in [0.05, 0.1) is 11.8 Å². The van der Waals surface area contributed by atoms with Gasteiger partial charge in [-0.3, -0.25) is 9.89 Å². The van der Waals surface area contributed by atoms with Crippen molar-refractivity contribution in [2.45, 2.75) is 13.0 Å². The minimum Gasteiger partial charge on any atom is -0.396 e. The quantitative estimate of drug-likeness (QED) is 0.477. The van der Waals surface area contributed by atoms with Crippen LogP contribution in [0.5, 0.6) is 0 Å². The lowest BCUT2D eigenvalue weighted by Crippen LogP contribution is -2.11. The van der Waals surface area contributed by atoms with E-state index in [1.165, 1.54) is 24.3 Å². The average Bonchev–Trinajstić information content (AvgIpc) is 3.36. The van der Waals surface area contributed by atoms with Crippen LogP contribution in [0.3, 0.4) is 0 Å². The van der Waals surface area contributed by atoms with Gasteiger partial charge in [0.15, 0.2) is 0 Å². The van der Waals surface area contributed by atoms with E-state index >= 15 is 0 Å². The van der Waals surface area contributed by atoms with Crippen LogP contribution in [-0.4, -0.2) is 32.4 Å². The third-order valence-corrected chi connectivity index (χ3v) is 4.62. The van der Waals surface area contributed by atoms with Crippen LogP contribution in [0, 0.1) is 5.82 Å². The second-order valence-corrected chi connectivity index (χ2v) is 6.49. The van der Waals surface area contributed by atoms with Crippen molar-refractivity contribution in [3.05, 3.63) is 72.4 Å². The van der Waals surface area contributed by atoms with Crippen molar-refractivity contribution in [1.82, 2.24) is 14.8 Å². The lowest BCUT2D eigenvalue weighted by atomic mass is 10.1. The summed E-state index contributed by atoms with van der Waals surface area (Å²) < 4.78 is 15.1. The summed E-state index contributed by atoms with van der Waals surface area (Å²) in [5.74, 6) is -0.624. The van der Waals surface area contributed by atoms with E-state index in [1.54, 1.807) is 12.4 Å². The van der Waals surface area contributed by atoms with Crippen molar-refractivity contribution in [2.75, 3.05) is 11.9 Å². The molecule has 142 valence electrons. The summed E-state index contributed by atoms with van der Waals surface area (Å²) >= 11 is 0. The summed E-state index contributed by atoms with van der Waals surface area (Å²) in [6.07, 6.45) is 5.92. The number of hydrogen-bond donors (Lipinski definition) is 3. The van der Waals surface area contributed by atoms with E-state index < -0.39 is 0 Å². The van der Waals surface area contributed by atoms with E-state index in [9.17, 15) is 14.3 Å². The maximum Gasteiger partial charge on any atom is 0.257 e. The van der Waals surface area contributed by atoms with Crippen molar-refractivity contribution < 1.29 is 14.3 Å². The molecule has 0 aliphatic heterocycles. The Morgan fingerprint density at radius 2 is 2.00 bits per heavy atom. The molecule has 0 atom stereocenters. The summed E-state index contributed by atoms with van der Waals surface area (Å²) in [6, 6.07) is 11.5. The number of aliphatic hydroxyl groups excluding tert-OH is 1. The number of rotatable bonds is 6. The molecule has 0 aliphatic rings. The first-order chi connectivity index (χ1) is 13.7. The maximum atomic E-state index is 13.1. The van der Waals surface area contributed by atoms with Gasteiger partial charge in [0, 0.05) is 47.7 Å². The Kier molecular flexibility index (Phi) is 4.90. The molecular weight excluding hydrogens is 359 g/mol. The number of nitrogens with one attached hydrogen (secondary N) is 2. The third kappa shape index (κ3) is 3.52. The zero-order valence-electron chi connectivity index (χ0n) is 15.0. The first-order valence-electron chi connectivity index (χ1n) is 8.95. The number of carbonyl (C=O) groups is 1. The summed E-state index contributed by atoms with van der Waals surface area (Å²) in [7, 11) is 0. The molecule has 0 saturated heterocycles. The molecule has 0 aliphatic carbocycles. The Morgan fingerprint density at radius 1 is 1.18 bits per heavy atom. The Bertz CT molecular complexity index is 1100. The van der Waals surface area contributed by atoms with Crippen LogP contribution < -0.4 is 5.32 Å². The largest absolute Gasteiger partial charge is 0.396 e. The molecule has 0 fully saturated rings. The fourth-order valence-electron chi connectivity index (χ4n) is 3.22. The fourth-order valence-corrected chi connectivity index (χ4v) is 3.22. The standard InChI is InChI=1S/C21H19FN4O2/c22-16-3-5-17(6-4-16)25-21(28)19-13-26(8-1-9-27)20-10-14(2-7-18(19)20)15-11-23-24-12-15/h2-7,10-13,27H,1,8-9H2,(H,23,24)(H,25,28). The predicted molar refractivity (Wildman–Crippen MR) is 106 cm³/mol. The SMILES string of the molecule is O=C(Nc1ccc(F)cc1)c1cn(CCCO)c2cc(-c3cn[nH]c3)ccc12. The molecule has 2 aromatic carbocycles. The molecule has 28 heavy (non-hydrogen) atoms. The van der Waals surface area contributed by atoms with Crippen LogP contribution in [0.2, 0.25) is 0 Å². The zero-order valence-corrected chi connectivity index (χ0v) is 15.0. The van der Waals surface area contributed by atoms with Crippen molar-refractivity contribution in [3.8, 4) is 11.1 Å². The molecule has 0 bridgehead atoms. The van der Waals surface area contributed by atoms with Crippen molar-refractivity contribution in [2.24, 2.45) is 0 Å². The number of amides is 1. The fraction of sp³-hybridized carbons (Fsp3) is 0.143. The predicted octanol–water partition coefficient (Wildman–Crippen LogP) is 3.81. The molecule has 2 heterocycles. The second kappa shape index (κ2) is 7.66. The first kappa shape index (κ1) is 17.9. The van der Waals surface area contributed by atoms with Gasteiger partial charge in [-0.2, -0.15) is 5.10 Å². The van der Waals surface area contributed by atoms with Gasteiger partial charge in [0.1, 0.15) is 5.82 Å². The van der Waals surface area contributed by atoms with Crippen molar-refractivity contribution >= 4 is 22.5 Å². The smallest absolute Gasteiger partial charge is 0.257 e. The molecule has 0 saturated carbocycles. The van der Waals surface area contributed by atoms with Crippen molar-refractivity contribution in [1.29, 1.82) is 0 Å². The van der Waals surface area contributed by atoms with Crippen molar-refractivity contribution in [3.63, 3.8) is 0 Å². The molecule has 7 heteroatoms. The van der Waals surface area contributed by atoms with Gasteiger partial charge in [-0.05, 0) is 42.3 Å². The number of aromatic nitrogens is 3. The number of aliphatic hydroxyl groups is 1. The van der Waals surface area contributed by atoms with Gasteiger partial charge in [-0.25, -0.2) is 4.39 Å². The Morgan fingerprint density at radius 3 is 2.71 bits per heavy atom. The number of halogens is 1. The third-order valence-electron chi connectivity index (χ3n) is 4.62. The van der Waals surface area contributed by atoms with Gasteiger partial charge >= 0.3 is 0 Å².